The second-order valence-corrected chi connectivity index (χ2v) is 2.73. The van der Waals surface area contributed by atoms with E-state index in [1.165, 1.54) is 6.92 Å². The number of hydrogen-bond acceptors (Lipinski definition) is 2. The number of nitrogens with one attached hydrogen (secondary N) is 1. The summed E-state index contributed by atoms with van der Waals surface area (Å²) in [6.07, 6.45) is 0. The molecule has 0 fully saturated rings. The first kappa shape index (κ1) is 10.7. The van der Waals surface area contributed by atoms with Gasteiger partial charge < -0.3 is 10.4 Å². The number of carboxylic acid groups (broad SMARTS) is 1. The molecule has 0 saturated carbocycles. The smallest absolute Gasteiger partial charge is 0.315 e. The van der Waals surface area contributed by atoms with Crippen LogP contribution < -0.4 is 5.32 Å². The Labute approximate surface area is 71.3 Å². The summed E-state index contributed by atoms with van der Waals surface area (Å²) in [5, 5.41) is 10.9. The van der Waals surface area contributed by atoms with Gasteiger partial charge in [0.05, 0.1) is 0 Å². The second kappa shape index (κ2) is 4.54. The largest absolute Gasteiger partial charge is 0.481 e. The molecule has 4 nitrogen and oxygen atoms in total. The molecule has 12 heavy (non-hydrogen) atoms. The molecule has 0 aromatic rings. The van der Waals surface area contributed by atoms with Crippen molar-refractivity contribution in [3.05, 3.63) is 12.2 Å². The zero-order valence-corrected chi connectivity index (χ0v) is 7.26. The van der Waals surface area contributed by atoms with Crippen molar-refractivity contribution in [3.63, 3.8) is 0 Å². The molecule has 0 aromatic heterocycles. The van der Waals surface area contributed by atoms with E-state index >= 15 is 0 Å². The van der Waals surface area contributed by atoms with Gasteiger partial charge in [0, 0.05) is 6.54 Å². The lowest BCUT2D eigenvalue weighted by molar-refractivity contribution is -0.146. The number of amides is 1. The van der Waals surface area contributed by atoms with Crippen molar-refractivity contribution in [2.45, 2.75) is 13.8 Å². The molecule has 0 aliphatic rings. The molecule has 0 aliphatic heterocycles. The monoisotopic (exact) mass is 171 g/mol. The minimum atomic E-state index is -1.12. The van der Waals surface area contributed by atoms with E-state index in [2.05, 4.69) is 11.9 Å². The lowest BCUT2D eigenvalue weighted by Crippen LogP contribution is -2.34. The third-order valence-electron chi connectivity index (χ3n) is 1.33. The minimum absolute atomic E-state index is 0.330. The third kappa shape index (κ3) is 3.75. The average molecular weight is 171 g/mol. The molecular weight excluding hydrogens is 158 g/mol. The fraction of sp³-hybridized carbons (Fsp3) is 0.500. The summed E-state index contributed by atoms with van der Waals surface area (Å²) in [6.45, 7) is 7.00. The van der Waals surface area contributed by atoms with Gasteiger partial charge in [0.2, 0.25) is 5.91 Å². The van der Waals surface area contributed by atoms with Gasteiger partial charge in [0.1, 0.15) is 5.92 Å². The molecular formula is C8H13NO3. The molecule has 0 heterocycles. The van der Waals surface area contributed by atoms with E-state index in [1.807, 2.05) is 0 Å². The van der Waals surface area contributed by atoms with Crippen LogP contribution in [0.3, 0.4) is 0 Å². The Hall–Kier alpha value is -1.32. The van der Waals surface area contributed by atoms with E-state index in [1.54, 1.807) is 6.92 Å². The van der Waals surface area contributed by atoms with Crippen molar-refractivity contribution in [2.75, 3.05) is 6.54 Å². The fourth-order valence-electron chi connectivity index (χ4n) is 0.503. The molecule has 68 valence electrons. The lowest BCUT2D eigenvalue weighted by atomic mass is 10.1. The van der Waals surface area contributed by atoms with Crippen LogP contribution in [0, 0.1) is 5.92 Å². The number of rotatable bonds is 4. The number of hydrogen-bond donors (Lipinski definition) is 2. The van der Waals surface area contributed by atoms with E-state index in [-0.39, 0.29) is 0 Å². The highest BCUT2D eigenvalue weighted by Gasteiger charge is 2.19. The first-order valence-corrected chi connectivity index (χ1v) is 3.60. The van der Waals surface area contributed by atoms with Gasteiger partial charge >= 0.3 is 5.97 Å². The maximum Gasteiger partial charge on any atom is 0.315 e. The van der Waals surface area contributed by atoms with Crippen LogP contribution >= 0.6 is 0 Å². The molecule has 1 unspecified atom stereocenters. The van der Waals surface area contributed by atoms with E-state index in [0.29, 0.717) is 6.54 Å². The highest BCUT2D eigenvalue weighted by Crippen LogP contribution is 1.94. The summed E-state index contributed by atoms with van der Waals surface area (Å²) in [5.41, 5.74) is 0.793. The first-order chi connectivity index (χ1) is 5.45. The molecule has 0 bridgehead atoms. The van der Waals surface area contributed by atoms with E-state index in [0.717, 1.165) is 5.57 Å². The van der Waals surface area contributed by atoms with Crippen LogP contribution in [0.25, 0.3) is 0 Å². The molecule has 2 N–H and O–H groups in total. The molecule has 0 rings (SSSR count). The molecule has 0 spiro atoms. The van der Waals surface area contributed by atoms with Gasteiger partial charge in [-0.2, -0.15) is 0 Å². The van der Waals surface area contributed by atoms with Crippen LogP contribution in [-0.2, 0) is 9.59 Å². The summed E-state index contributed by atoms with van der Waals surface area (Å²) >= 11 is 0. The molecule has 4 heteroatoms. The highest BCUT2D eigenvalue weighted by molar-refractivity contribution is 5.96. The van der Waals surface area contributed by atoms with Crippen LogP contribution in [0.4, 0.5) is 0 Å². The zero-order valence-electron chi connectivity index (χ0n) is 7.26. The van der Waals surface area contributed by atoms with Crippen molar-refractivity contribution in [1.82, 2.24) is 5.32 Å². The Morgan fingerprint density at radius 3 is 2.42 bits per heavy atom. The molecule has 0 radical (unpaired) electrons. The van der Waals surface area contributed by atoms with Crippen LogP contribution in [0.2, 0.25) is 0 Å². The predicted molar refractivity (Wildman–Crippen MR) is 44.6 cm³/mol. The maximum absolute atomic E-state index is 11.0. The van der Waals surface area contributed by atoms with Crippen molar-refractivity contribution in [1.29, 1.82) is 0 Å². The summed E-state index contributed by atoms with van der Waals surface area (Å²) < 4.78 is 0. The summed E-state index contributed by atoms with van der Waals surface area (Å²) in [5.74, 6) is -2.59. The fourth-order valence-corrected chi connectivity index (χ4v) is 0.503. The number of carbonyl (C=O) groups excluding carboxylic acids is 1. The Morgan fingerprint density at radius 1 is 1.58 bits per heavy atom. The van der Waals surface area contributed by atoms with Gasteiger partial charge in [-0.05, 0) is 13.8 Å². The second-order valence-electron chi connectivity index (χ2n) is 2.73. The quantitative estimate of drug-likeness (QED) is 0.475. The van der Waals surface area contributed by atoms with Crippen molar-refractivity contribution >= 4 is 11.9 Å². The maximum atomic E-state index is 11.0. The van der Waals surface area contributed by atoms with Crippen LogP contribution in [0.1, 0.15) is 13.8 Å². The number of carboxylic acids is 1. The molecule has 1 atom stereocenters. The SMILES string of the molecule is C=C(C)CNC(=O)C(C)C(=O)O. The minimum Gasteiger partial charge on any atom is -0.481 e. The van der Waals surface area contributed by atoms with E-state index in [4.69, 9.17) is 5.11 Å². The van der Waals surface area contributed by atoms with E-state index < -0.39 is 17.8 Å². The molecule has 1 amide bonds. The summed E-state index contributed by atoms with van der Waals surface area (Å²) in [7, 11) is 0. The van der Waals surface area contributed by atoms with Crippen LogP contribution in [0.15, 0.2) is 12.2 Å². The molecule has 0 aromatic carbocycles. The van der Waals surface area contributed by atoms with Gasteiger partial charge in [0.15, 0.2) is 0 Å². The summed E-state index contributed by atoms with van der Waals surface area (Å²) in [6, 6.07) is 0. The van der Waals surface area contributed by atoms with Gasteiger partial charge in [-0.25, -0.2) is 0 Å². The third-order valence-corrected chi connectivity index (χ3v) is 1.33. The van der Waals surface area contributed by atoms with Crippen molar-refractivity contribution in [3.8, 4) is 0 Å². The van der Waals surface area contributed by atoms with Gasteiger partial charge in [-0.15, -0.1) is 0 Å². The first-order valence-electron chi connectivity index (χ1n) is 3.60. The normalized spacial score (nSPS) is 11.8. The van der Waals surface area contributed by atoms with E-state index in [9.17, 15) is 9.59 Å². The Balaban J connectivity index is 3.88. The van der Waals surface area contributed by atoms with Crippen molar-refractivity contribution in [2.24, 2.45) is 5.92 Å². The van der Waals surface area contributed by atoms with Gasteiger partial charge in [-0.1, -0.05) is 12.2 Å². The zero-order chi connectivity index (χ0) is 9.72. The van der Waals surface area contributed by atoms with Crippen LogP contribution in [0.5, 0.6) is 0 Å². The molecule has 0 saturated heterocycles. The topological polar surface area (TPSA) is 66.4 Å². The van der Waals surface area contributed by atoms with Crippen molar-refractivity contribution < 1.29 is 14.7 Å². The summed E-state index contributed by atoms with van der Waals surface area (Å²) in [4.78, 5) is 21.3. The predicted octanol–water partition coefficient (Wildman–Crippen LogP) is 0.399. The average Bonchev–Trinajstić information content (AvgIpc) is 1.98. The number of aliphatic carboxylic acids is 1. The highest BCUT2D eigenvalue weighted by atomic mass is 16.4. The Kier molecular flexibility index (Phi) is 4.04. The van der Waals surface area contributed by atoms with Crippen LogP contribution in [-0.4, -0.2) is 23.5 Å². The standard InChI is InChI=1S/C8H13NO3/c1-5(2)4-9-7(10)6(3)8(11)12/h6H,1,4H2,2-3H3,(H,9,10)(H,11,12). The van der Waals surface area contributed by atoms with Gasteiger partial charge in [0.25, 0.3) is 0 Å². The number of carbonyl (C=O) groups is 2. The van der Waals surface area contributed by atoms with Gasteiger partial charge in [-0.3, -0.25) is 9.59 Å². The Bertz CT molecular complexity index is 210. The Morgan fingerprint density at radius 2 is 2.08 bits per heavy atom. The molecule has 0 aliphatic carbocycles. The lowest BCUT2D eigenvalue weighted by Gasteiger charge is -2.07.